The number of fused-ring (bicyclic) bond motifs is 5. The molecule has 0 bridgehead atoms. The van der Waals surface area contributed by atoms with E-state index in [0.29, 0.717) is 24.9 Å². The number of hydrogen-bond donors (Lipinski definition) is 0. The van der Waals surface area contributed by atoms with Crippen molar-refractivity contribution in [2.75, 3.05) is 0 Å². The molecule has 0 aliphatic heterocycles. The monoisotopic (exact) mass is 460 g/mol. The van der Waals surface area contributed by atoms with E-state index in [1.165, 1.54) is 16.7 Å². The second kappa shape index (κ2) is 8.55. The lowest BCUT2D eigenvalue weighted by atomic mass is 9.55. The van der Waals surface area contributed by atoms with Gasteiger partial charge in [0.25, 0.3) is 0 Å². The fourth-order valence-corrected chi connectivity index (χ4v) is 6.56. The van der Waals surface area contributed by atoms with Gasteiger partial charge >= 0.3 is 5.97 Å². The van der Waals surface area contributed by atoms with Gasteiger partial charge < -0.3 is 9.47 Å². The van der Waals surface area contributed by atoms with E-state index in [1.807, 2.05) is 39.0 Å². The van der Waals surface area contributed by atoms with E-state index in [0.717, 1.165) is 31.4 Å². The van der Waals surface area contributed by atoms with E-state index in [9.17, 15) is 9.59 Å². The van der Waals surface area contributed by atoms with Gasteiger partial charge in [-0.15, -0.1) is 0 Å². The van der Waals surface area contributed by atoms with Crippen LogP contribution in [0.2, 0.25) is 0 Å². The van der Waals surface area contributed by atoms with Gasteiger partial charge in [0.1, 0.15) is 12.4 Å². The Morgan fingerprint density at radius 3 is 2.59 bits per heavy atom. The molecule has 2 aromatic carbocycles. The van der Waals surface area contributed by atoms with Crippen LogP contribution in [0.3, 0.4) is 0 Å². The number of Topliss-reactive ketones (excluding diaryl/α,β-unsaturated/α-hetero) is 1. The number of esters is 1. The van der Waals surface area contributed by atoms with Crippen LogP contribution in [-0.4, -0.2) is 17.9 Å². The SMILES string of the molecule is CC(C)(C)C(=O)O[C@@H]1C[C@H]2[C@@H]3CCc4cc(OCc5ccccc5)ccc4[C@H]3CC[C@]2(C)C1=O. The molecule has 4 nitrogen and oxygen atoms in total. The first kappa shape index (κ1) is 23.1. The van der Waals surface area contributed by atoms with Gasteiger partial charge in [0.2, 0.25) is 0 Å². The molecule has 5 rings (SSSR count). The second-order valence-corrected chi connectivity index (χ2v) is 11.8. The van der Waals surface area contributed by atoms with Gasteiger partial charge in [-0.3, -0.25) is 9.59 Å². The summed E-state index contributed by atoms with van der Waals surface area (Å²) in [5.74, 6) is 2.00. The summed E-state index contributed by atoms with van der Waals surface area (Å²) < 4.78 is 11.8. The number of aryl methyl sites for hydroxylation is 1. The smallest absolute Gasteiger partial charge is 0.311 e. The Kier molecular flexibility index (Phi) is 5.82. The van der Waals surface area contributed by atoms with E-state index < -0.39 is 11.5 Å². The van der Waals surface area contributed by atoms with E-state index >= 15 is 0 Å². The van der Waals surface area contributed by atoms with Crippen LogP contribution < -0.4 is 4.74 Å². The fourth-order valence-electron chi connectivity index (χ4n) is 6.56. The molecule has 2 fully saturated rings. The molecule has 0 N–H and O–H groups in total. The van der Waals surface area contributed by atoms with Crippen molar-refractivity contribution in [2.24, 2.45) is 22.7 Å². The zero-order valence-electron chi connectivity index (χ0n) is 20.8. The minimum atomic E-state index is -0.596. The molecular weight excluding hydrogens is 424 g/mol. The molecule has 0 radical (unpaired) electrons. The normalized spacial score (nSPS) is 30.2. The summed E-state index contributed by atoms with van der Waals surface area (Å²) in [6.45, 7) is 8.22. The quantitative estimate of drug-likeness (QED) is 0.506. The maximum absolute atomic E-state index is 13.4. The summed E-state index contributed by atoms with van der Waals surface area (Å²) in [4.78, 5) is 25.9. The first-order valence-corrected chi connectivity index (χ1v) is 12.7. The molecule has 5 atom stereocenters. The molecule has 180 valence electrons. The second-order valence-electron chi connectivity index (χ2n) is 11.8. The lowest BCUT2D eigenvalue weighted by molar-refractivity contribution is -0.162. The predicted molar refractivity (Wildman–Crippen MR) is 132 cm³/mol. The zero-order valence-corrected chi connectivity index (χ0v) is 20.8. The van der Waals surface area contributed by atoms with Crippen molar-refractivity contribution >= 4 is 11.8 Å². The molecule has 0 amide bonds. The predicted octanol–water partition coefficient (Wildman–Crippen LogP) is 6.26. The molecule has 0 heterocycles. The molecule has 2 aromatic rings. The van der Waals surface area contributed by atoms with Crippen molar-refractivity contribution in [3.8, 4) is 5.75 Å². The molecular formula is C30H36O4. The van der Waals surface area contributed by atoms with Crippen molar-refractivity contribution in [1.82, 2.24) is 0 Å². The van der Waals surface area contributed by atoms with Crippen molar-refractivity contribution in [3.05, 3.63) is 65.2 Å². The van der Waals surface area contributed by atoms with Crippen LogP contribution in [0.15, 0.2) is 48.5 Å². The Morgan fingerprint density at radius 2 is 1.85 bits per heavy atom. The molecule has 0 spiro atoms. The van der Waals surface area contributed by atoms with E-state index in [4.69, 9.17) is 9.47 Å². The number of hydrogen-bond acceptors (Lipinski definition) is 4. The third kappa shape index (κ3) is 4.06. The summed E-state index contributed by atoms with van der Waals surface area (Å²) in [5, 5.41) is 0. The van der Waals surface area contributed by atoms with Gasteiger partial charge in [-0.2, -0.15) is 0 Å². The van der Waals surface area contributed by atoms with Crippen molar-refractivity contribution < 1.29 is 19.1 Å². The van der Waals surface area contributed by atoms with Crippen LogP contribution in [0.1, 0.15) is 76.0 Å². The Bertz CT molecular complexity index is 1080. The first-order valence-electron chi connectivity index (χ1n) is 12.7. The van der Waals surface area contributed by atoms with Crippen LogP contribution >= 0.6 is 0 Å². The topological polar surface area (TPSA) is 52.6 Å². The van der Waals surface area contributed by atoms with Crippen LogP contribution in [-0.2, 0) is 27.4 Å². The van der Waals surface area contributed by atoms with Crippen LogP contribution in [0, 0.1) is 22.7 Å². The molecule has 3 aliphatic rings. The average molecular weight is 461 g/mol. The highest BCUT2D eigenvalue weighted by molar-refractivity contribution is 5.93. The van der Waals surface area contributed by atoms with Crippen LogP contribution in [0.25, 0.3) is 0 Å². The maximum atomic E-state index is 13.4. The standard InChI is InChI=1S/C30H36O4/c1-29(2,3)28(32)34-26-17-25-24-12-10-20-16-21(33-18-19-8-6-5-7-9-19)11-13-22(20)23(24)14-15-30(25,4)27(26)31/h5-9,11,13,16,23-26H,10,12,14-15,17-18H2,1-4H3/t23-,24-,25+,26-,30+/m1/s1. The Labute approximate surface area is 203 Å². The van der Waals surface area contributed by atoms with E-state index in [1.54, 1.807) is 0 Å². The van der Waals surface area contributed by atoms with Crippen LogP contribution in [0.5, 0.6) is 5.75 Å². The number of ketones is 1. The maximum Gasteiger partial charge on any atom is 0.311 e. The van der Waals surface area contributed by atoms with E-state index in [2.05, 4.69) is 37.3 Å². The fraction of sp³-hybridized carbons (Fsp3) is 0.533. The first-order chi connectivity index (χ1) is 16.2. The average Bonchev–Trinajstić information content (AvgIpc) is 3.07. The number of benzene rings is 2. The molecule has 2 saturated carbocycles. The van der Waals surface area contributed by atoms with Crippen molar-refractivity contribution in [3.63, 3.8) is 0 Å². The summed E-state index contributed by atoms with van der Waals surface area (Å²) in [6.07, 6.45) is 4.05. The molecule has 34 heavy (non-hydrogen) atoms. The van der Waals surface area contributed by atoms with Crippen LogP contribution in [0.4, 0.5) is 0 Å². The largest absolute Gasteiger partial charge is 0.489 e. The highest BCUT2D eigenvalue weighted by atomic mass is 16.5. The molecule has 0 saturated heterocycles. The summed E-state index contributed by atoms with van der Waals surface area (Å²) in [5.41, 5.74) is 3.00. The zero-order chi connectivity index (χ0) is 24.1. The number of ether oxygens (including phenoxy) is 2. The molecule has 0 aromatic heterocycles. The van der Waals surface area contributed by atoms with Crippen molar-refractivity contribution in [1.29, 1.82) is 0 Å². The molecule has 0 unspecified atom stereocenters. The van der Waals surface area contributed by atoms with Gasteiger partial charge in [-0.05, 0) is 99.5 Å². The summed E-state index contributed by atoms with van der Waals surface area (Å²) in [7, 11) is 0. The van der Waals surface area contributed by atoms with E-state index in [-0.39, 0.29) is 23.1 Å². The summed E-state index contributed by atoms with van der Waals surface area (Å²) >= 11 is 0. The number of carbonyl (C=O) groups is 2. The number of carbonyl (C=O) groups excluding carboxylic acids is 2. The van der Waals surface area contributed by atoms with Gasteiger partial charge in [-0.1, -0.05) is 43.3 Å². The van der Waals surface area contributed by atoms with Gasteiger partial charge in [0, 0.05) is 5.41 Å². The van der Waals surface area contributed by atoms with Gasteiger partial charge in [0.15, 0.2) is 11.9 Å². The summed E-state index contributed by atoms with van der Waals surface area (Å²) in [6, 6.07) is 16.8. The molecule has 4 heteroatoms. The van der Waals surface area contributed by atoms with Crippen molar-refractivity contribution in [2.45, 2.75) is 78.4 Å². The van der Waals surface area contributed by atoms with Gasteiger partial charge in [-0.25, -0.2) is 0 Å². The lowest BCUT2D eigenvalue weighted by Crippen LogP contribution is -2.43. The minimum absolute atomic E-state index is 0.143. The Hall–Kier alpha value is -2.62. The highest BCUT2D eigenvalue weighted by Gasteiger charge is 2.59. The minimum Gasteiger partial charge on any atom is -0.489 e. The third-order valence-electron chi connectivity index (χ3n) is 8.52. The van der Waals surface area contributed by atoms with Gasteiger partial charge in [0.05, 0.1) is 5.41 Å². The highest BCUT2D eigenvalue weighted by Crippen LogP contribution is 2.60. The lowest BCUT2D eigenvalue weighted by Gasteiger charge is -2.48. The Morgan fingerprint density at radius 1 is 1.09 bits per heavy atom. The Balaban J connectivity index is 1.32. The molecule has 3 aliphatic carbocycles. The third-order valence-corrected chi connectivity index (χ3v) is 8.52. The number of rotatable bonds is 4.